The Morgan fingerprint density at radius 3 is 2.83 bits per heavy atom. The first-order valence-electron chi connectivity index (χ1n) is 9.68. The summed E-state index contributed by atoms with van der Waals surface area (Å²) in [7, 11) is -1.19. The third-order valence-electron chi connectivity index (χ3n) is 5.39. The number of morpholine rings is 1. The second-order valence-electron chi connectivity index (χ2n) is 7.48. The van der Waals surface area contributed by atoms with Crippen LogP contribution in [0.3, 0.4) is 0 Å². The molecule has 156 valence electrons. The molecule has 3 N–H and O–H groups in total. The molecule has 2 unspecified atom stereocenters. The summed E-state index contributed by atoms with van der Waals surface area (Å²) in [5, 5.41) is -0.388. The average molecular weight is 419 g/mol. The summed E-state index contributed by atoms with van der Waals surface area (Å²) >= 11 is 0. The van der Waals surface area contributed by atoms with Crippen LogP contribution >= 0.6 is 0 Å². The van der Waals surface area contributed by atoms with E-state index in [1.165, 1.54) is 7.11 Å². The van der Waals surface area contributed by atoms with Gasteiger partial charge in [-0.25, -0.2) is 14.2 Å². The molecule has 2 aliphatic rings. The molecule has 2 aromatic heterocycles. The highest BCUT2D eigenvalue weighted by Gasteiger charge is 2.32. The highest BCUT2D eigenvalue weighted by molar-refractivity contribution is 7.92. The molecule has 2 saturated heterocycles. The predicted octanol–water partition coefficient (Wildman–Crippen LogP) is 2.24. The van der Waals surface area contributed by atoms with E-state index in [4.69, 9.17) is 30.0 Å². The van der Waals surface area contributed by atoms with Gasteiger partial charge in [0.1, 0.15) is 11.6 Å². The van der Waals surface area contributed by atoms with Gasteiger partial charge in [-0.2, -0.15) is 4.98 Å². The van der Waals surface area contributed by atoms with Crippen LogP contribution in [0.25, 0.3) is 11.4 Å². The number of rotatable bonds is 4. The van der Waals surface area contributed by atoms with E-state index in [2.05, 4.69) is 16.8 Å². The second-order valence-corrected chi connectivity index (χ2v) is 9.91. The van der Waals surface area contributed by atoms with Crippen molar-refractivity contribution in [1.29, 1.82) is 4.78 Å². The molecule has 0 saturated carbocycles. The van der Waals surface area contributed by atoms with Gasteiger partial charge in [0.05, 0.1) is 47.0 Å². The van der Waals surface area contributed by atoms with Crippen LogP contribution in [0.4, 0.5) is 11.6 Å². The lowest BCUT2D eigenvalue weighted by Gasteiger charge is -2.34. The van der Waals surface area contributed by atoms with Gasteiger partial charge in [0.15, 0.2) is 5.82 Å². The Morgan fingerprint density at radius 1 is 1.31 bits per heavy atom. The lowest BCUT2D eigenvalue weighted by Crippen LogP contribution is -2.44. The summed E-state index contributed by atoms with van der Waals surface area (Å²) < 4.78 is 31.9. The molecule has 0 aliphatic carbocycles. The lowest BCUT2D eigenvalue weighted by molar-refractivity contribution is 0.0985. The first-order valence-corrected chi connectivity index (χ1v) is 11.5. The smallest absolute Gasteiger partial charge is 0.215 e. The zero-order valence-electron chi connectivity index (χ0n) is 16.6. The summed E-state index contributed by atoms with van der Waals surface area (Å²) in [5.74, 6) is 2.30. The number of hydrogen-bond donors (Lipinski definition) is 2. The van der Waals surface area contributed by atoms with Crippen molar-refractivity contribution in [2.45, 2.75) is 31.1 Å². The fourth-order valence-corrected chi connectivity index (χ4v) is 5.82. The molecule has 4 heterocycles. The zero-order valence-corrected chi connectivity index (χ0v) is 17.4. The minimum Gasteiger partial charge on any atom is -0.481 e. The van der Waals surface area contributed by atoms with E-state index in [0.717, 1.165) is 12.2 Å². The number of pyridine rings is 1. The van der Waals surface area contributed by atoms with Crippen molar-refractivity contribution in [3.63, 3.8) is 0 Å². The van der Waals surface area contributed by atoms with E-state index in [1.54, 1.807) is 12.1 Å². The Hall–Kier alpha value is -2.46. The standard InChI is InChI=1S/C19H26N6O3S/c1-12-11-28-6-5-25(12)17-10-14(15-4-3-7-29(15,21)26)22-19(24-17)13-8-16(20)23-18(9-13)27-2/h8-10,12,15,21H,3-7,11H2,1-2H3,(H2,20,23)/t12-,15?,29?/m1/s1. The quantitative estimate of drug-likeness (QED) is 0.774. The molecule has 4 rings (SSSR count). The maximum Gasteiger partial charge on any atom is 0.215 e. The number of nitrogens with one attached hydrogen (secondary N) is 1. The molecule has 2 fully saturated rings. The number of aromatic nitrogens is 3. The fraction of sp³-hybridized carbons (Fsp3) is 0.526. The third-order valence-corrected chi connectivity index (χ3v) is 7.68. The third kappa shape index (κ3) is 3.99. The largest absolute Gasteiger partial charge is 0.481 e. The summed E-state index contributed by atoms with van der Waals surface area (Å²) in [6.45, 7) is 4.02. The maximum atomic E-state index is 12.8. The van der Waals surface area contributed by atoms with Gasteiger partial charge in [-0.3, -0.25) is 4.78 Å². The van der Waals surface area contributed by atoms with Crippen molar-refractivity contribution >= 4 is 21.4 Å². The summed E-state index contributed by atoms with van der Waals surface area (Å²) in [4.78, 5) is 15.8. The fourth-order valence-electron chi connectivity index (χ4n) is 3.88. The van der Waals surface area contributed by atoms with E-state index >= 15 is 0 Å². The van der Waals surface area contributed by atoms with Crippen LogP contribution in [-0.2, 0) is 14.5 Å². The molecule has 2 aromatic rings. The molecule has 0 aromatic carbocycles. The second kappa shape index (κ2) is 7.75. The molecule has 0 amide bonds. The topological polar surface area (TPSA) is 127 Å². The van der Waals surface area contributed by atoms with Crippen LogP contribution in [0.2, 0.25) is 0 Å². The molecule has 3 atom stereocenters. The first kappa shape index (κ1) is 19.8. The molecular weight excluding hydrogens is 392 g/mol. The van der Waals surface area contributed by atoms with Gasteiger partial charge in [-0.05, 0) is 25.8 Å². The Balaban J connectivity index is 1.85. The van der Waals surface area contributed by atoms with Crippen molar-refractivity contribution in [1.82, 2.24) is 15.0 Å². The number of nitrogens with two attached hydrogens (primary N) is 1. The van der Waals surface area contributed by atoms with Crippen LogP contribution in [-0.4, -0.2) is 57.8 Å². The Bertz CT molecular complexity index is 1010. The van der Waals surface area contributed by atoms with Gasteiger partial charge in [-0.15, -0.1) is 0 Å². The minimum absolute atomic E-state index is 0.153. The molecule has 0 radical (unpaired) electrons. The minimum atomic E-state index is -2.72. The van der Waals surface area contributed by atoms with Crippen molar-refractivity contribution in [3.05, 3.63) is 23.9 Å². The van der Waals surface area contributed by atoms with Crippen molar-refractivity contribution < 1.29 is 13.7 Å². The van der Waals surface area contributed by atoms with Gasteiger partial charge >= 0.3 is 0 Å². The number of hydrogen-bond acceptors (Lipinski definition) is 9. The van der Waals surface area contributed by atoms with Crippen LogP contribution in [0.5, 0.6) is 5.88 Å². The number of nitrogens with zero attached hydrogens (tertiary/aromatic N) is 4. The van der Waals surface area contributed by atoms with E-state index in [0.29, 0.717) is 60.7 Å². The first-order chi connectivity index (χ1) is 13.9. The van der Waals surface area contributed by atoms with Gasteiger partial charge in [-0.1, -0.05) is 0 Å². The Morgan fingerprint density at radius 2 is 2.14 bits per heavy atom. The van der Waals surface area contributed by atoms with E-state index in [-0.39, 0.29) is 11.3 Å². The molecule has 0 spiro atoms. The van der Waals surface area contributed by atoms with Gasteiger partial charge in [0.25, 0.3) is 0 Å². The number of methoxy groups -OCH3 is 1. The van der Waals surface area contributed by atoms with Gasteiger partial charge in [0.2, 0.25) is 5.88 Å². The average Bonchev–Trinajstić information content (AvgIpc) is 3.06. The Kier molecular flexibility index (Phi) is 5.30. The SMILES string of the molecule is COc1cc(-c2nc(C3CCCS3(=N)=O)cc(N3CCOC[C@H]3C)n2)cc(N)n1. The van der Waals surface area contributed by atoms with Crippen molar-refractivity contribution in [2.75, 3.05) is 43.3 Å². The number of nitrogen functional groups attached to an aromatic ring is 1. The highest BCUT2D eigenvalue weighted by Crippen LogP contribution is 2.37. The lowest BCUT2D eigenvalue weighted by atomic mass is 10.1. The van der Waals surface area contributed by atoms with Crippen molar-refractivity contribution in [3.8, 4) is 17.3 Å². The molecule has 9 nitrogen and oxygen atoms in total. The normalized spacial score (nSPS) is 27.2. The van der Waals surface area contributed by atoms with E-state index in [1.807, 2.05) is 6.07 Å². The van der Waals surface area contributed by atoms with E-state index in [9.17, 15) is 4.21 Å². The summed E-state index contributed by atoms with van der Waals surface area (Å²) in [6.07, 6.45) is 1.46. The van der Waals surface area contributed by atoms with Crippen molar-refractivity contribution in [2.24, 2.45) is 0 Å². The molecule has 29 heavy (non-hydrogen) atoms. The van der Waals surface area contributed by atoms with E-state index < -0.39 is 9.73 Å². The molecule has 10 heteroatoms. The summed E-state index contributed by atoms with van der Waals surface area (Å²) in [5.41, 5.74) is 7.25. The molecule has 2 aliphatic heterocycles. The predicted molar refractivity (Wildman–Crippen MR) is 112 cm³/mol. The maximum absolute atomic E-state index is 12.8. The van der Waals surface area contributed by atoms with Gasteiger partial charge < -0.3 is 20.1 Å². The van der Waals surface area contributed by atoms with Gasteiger partial charge in [0, 0.05) is 30.0 Å². The van der Waals surface area contributed by atoms with Crippen LogP contribution in [0.1, 0.15) is 30.7 Å². The van der Waals surface area contributed by atoms with Crippen LogP contribution in [0.15, 0.2) is 18.2 Å². The highest BCUT2D eigenvalue weighted by atomic mass is 32.2. The Labute approximate surface area is 170 Å². The summed E-state index contributed by atoms with van der Waals surface area (Å²) in [6, 6.07) is 5.47. The molecule has 0 bridgehead atoms. The van der Waals surface area contributed by atoms with Crippen LogP contribution in [0, 0.1) is 4.78 Å². The number of anilines is 2. The van der Waals surface area contributed by atoms with Crippen LogP contribution < -0.4 is 15.4 Å². The zero-order chi connectivity index (χ0) is 20.6. The number of ether oxygens (including phenoxy) is 2. The monoisotopic (exact) mass is 418 g/mol. The molecular formula is C19H26N6O3S.